The van der Waals surface area contributed by atoms with Crippen LogP contribution in [-0.2, 0) is 0 Å². The van der Waals surface area contributed by atoms with E-state index >= 15 is 0 Å². The number of benzene rings is 1. The molecule has 3 atom stereocenters. The normalized spacial score (nSPS) is 23.3. The molecule has 22 heavy (non-hydrogen) atoms. The number of hydrogen-bond acceptors (Lipinski definition) is 5. The van der Waals surface area contributed by atoms with Crippen molar-refractivity contribution in [1.82, 2.24) is 10.2 Å². The van der Waals surface area contributed by atoms with E-state index in [2.05, 4.69) is 5.32 Å². The Morgan fingerprint density at radius 1 is 1.55 bits per heavy atom. The molecule has 0 unspecified atom stereocenters. The number of amides is 1. The number of nitrogen functional groups attached to an aromatic ring is 1. The van der Waals surface area contributed by atoms with Crippen LogP contribution in [0.3, 0.4) is 0 Å². The number of carbonyl (C=O) groups excluding carboxylic acids is 1. The van der Waals surface area contributed by atoms with Crippen LogP contribution in [0.1, 0.15) is 24.2 Å². The maximum absolute atomic E-state index is 12.8. The van der Waals surface area contributed by atoms with Gasteiger partial charge in [-0.3, -0.25) is 4.79 Å². The second kappa shape index (κ2) is 6.98. The number of hydrogen-bond donors (Lipinski definition) is 3. The summed E-state index contributed by atoms with van der Waals surface area (Å²) >= 11 is 0. The Labute approximate surface area is 131 Å². The van der Waals surface area contributed by atoms with Gasteiger partial charge in [0.2, 0.25) is 0 Å². The molecule has 6 nitrogen and oxygen atoms in total. The van der Waals surface area contributed by atoms with E-state index in [1.807, 2.05) is 20.9 Å². The van der Waals surface area contributed by atoms with Crippen LogP contribution < -0.4 is 15.8 Å². The number of para-hydroxylation sites is 1. The van der Waals surface area contributed by atoms with Crippen molar-refractivity contribution in [2.24, 2.45) is 5.92 Å². The van der Waals surface area contributed by atoms with E-state index in [4.69, 9.17) is 10.5 Å². The molecule has 0 aromatic heterocycles. The zero-order valence-electron chi connectivity index (χ0n) is 13.4. The Morgan fingerprint density at radius 2 is 2.27 bits per heavy atom. The highest BCUT2D eigenvalue weighted by molar-refractivity contribution is 5.99. The zero-order valence-corrected chi connectivity index (χ0v) is 13.4. The molecule has 2 rings (SSSR count). The van der Waals surface area contributed by atoms with Gasteiger partial charge in [-0.2, -0.15) is 0 Å². The topological polar surface area (TPSA) is 87.8 Å². The fourth-order valence-electron chi connectivity index (χ4n) is 2.71. The average molecular weight is 307 g/mol. The molecule has 6 heteroatoms. The number of rotatable bonds is 4. The first-order valence-electron chi connectivity index (χ1n) is 7.61. The number of aliphatic hydroxyl groups is 1. The lowest BCUT2D eigenvalue weighted by atomic mass is 9.99. The van der Waals surface area contributed by atoms with Crippen LogP contribution in [0, 0.1) is 5.92 Å². The van der Waals surface area contributed by atoms with Gasteiger partial charge in [0.15, 0.2) is 5.75 Å². The van der Waals surface area contributed by atoms with Crippen LogP contribution in [0.5, 0.6) is 5.75 Å². The molecule has 0 fully saturated rings. The maximum Gasteiger partial charge on any atom is 0.258 e. The Morgan fingerprint density at radius 3 is 2.91 bits per heavy atom. The third-order valence-corrected chi connectivity index (χ3v) is 4.13. The number of carbonyl (C=O) groups is 1. The molecule has 1 heterocycles. The molecule has 0 saturated carbocycles. The molecular weight excluding hydrogens is 282 g/mol. The van der Waals surface area contributed by atoms with Crippen molar-refractivity contribution in [2.75, 3.05) is 32.5 Å². The molecule has 0 aliphatic carbocycles. The van der Waals surface area contributed by atoms with E-state index in [9.17, 15) is 9.90 Å². The van der Waals surface area contributed by atoms with Crippen LogP contribution in [0.25, 0.3) is 0 Å². The number of fused-ring (bicyclic) bond motifs is 1. The second-order valence-corrected chi connectivity index (χ2v) is 5.90. The summed E-state index contributed by atoms with van der Waals surface area (Å²) in [4.78, 5) is 14.5. The number of nitrogens with zero attached hydrogens (tertiary/aromatic N) is 1. The Balaban J connectivity index is 2.48. The van der Waals surface area contributed by atoms with Crippen LogP contribution in [-0.4, -0.2) is 54.8 Å². The minimum absolute atomic E-state index is 0.0757. The summed E-state index contributed by atoms with van der Waals surface area (Å²) in [6.45, 7) is 4.99. The molecule has 0 saturated heterocycles. The lowest BCUT2D eigenvalue weighted by Crippen LogP contribution is -2.49. The molecule has 122 valence electrons. The predicted octanol–water partition coefficient (Wildman–Crippen LogP) is 0.708. The van der Waals surface area contributed by atoms with E-state index < -0.39 is 0 Å². The average Bonchev–Trinajstić information content (AvgIpc) is 2.51. The fourth-order valence-corrected chi connectivity index (χ4v) is 2.71. The minimum atomic E-state index is -0.252. The van der Waals surface area contributed by atoms with E-state index in [1.54, 1.807) is 23.1 Å². The van der Waals surface area contributed by atoms with Crippen molar-refractivity contribution in [3.8, 4) is 5.75 Å². The van der Waals surface area contributed by atoms with Gasteiger partial charge in [-0.05, 0) is 26.1 Å². The third kappa shape index (κ3) is 3.18. The van der Waals surface area contributed by atoms with Gasteiger partial charge in [0, 0.05) is 19.0 Å². The summed E-state index contributed by atoms with van der Waals surface area (Å²) in [6, 6.07) is 4.94. The molecule has 1 amide bonds. The largest absolute Gasteiger partial charge is 0.486 e. The molecular formula is C16H25N3O3. The first-order valence-corrected chi connectivity index (χ1v) is 7.61. The summed E-state index contributed by atoms with van der Waals surface area (Å²) in [5.74, 6) is 0.395. The van der Waals surface area contributed by atoms with Crippen LogP contribution in [0.2, 0.25) is 0 Å². The monoisotopic (exact) mass is 307 g/mol. The number of aliphatic hydroxyl groups excluding tert-OH is 1. The van der Waals surface area contributed by atoms with Gasteiger partial charge in [0.05, 0.1) is 23.9 Å². The summed E-state index contributed by atoms with van der Waals surface area (Å²) in [5.41, 5.74) is 6.92. The highest BCUT2D eigenvalue weighted by atomic mass is 16.5. The molecule has 0 radical (unpaired) electrons. The van der Waals surface area contributed by atoms with Gasteiger partial charge in [-0.25, -0.2) is 0 Å². The quantitative estimate of drug-likeness (QED) is 0.713. The van der Waals surface area contributed by atoms with Crippen LogP contribution in [0.4, 0.5) is 5.69 Å². The van der Waals surface area contributed by atoms with Crippen molar-refractivity contribution in [2.45, 2.75) is 26.0 Å². The molecule has 1 aromatic carbocycles. The summed E-state index contributed by atoms with van der Waals surface area (Å²) in [5, 5.41) is 12.6. The van der Waals surface area contributed by atoms with E-state index in [1.165, 1.54) is 0 Å². The molecule has 4 N–H and O–H groups in total. The highest BCUT2D eigenvalue weighted by Gasteiger charge is 2.33. The first-order chi connectivity index (χ1) is 10.5. The standard InChI is InChI=1S/C16H25N3O3/c1-10-8-19(11(2)9-20)16(21)12-5-4-6-13(17)15(12)22-14(10)7-18-3/h4-6,10-11,14,18,20H,7-9,17H2,1-3H3/t10-,11+,14+/m1/s1. The van der Waals surface area contributed by atoms with Gasteiger partial charge < -0.3 is 25.8 Å². The van der Waals surface area contributed by atoms with Crippen molar-refractivity contribution >= 4 is 11.6 Å². The molecule has 0 bridgehead atoms. The van der Waals surface area contributed by atoms with Crippen LogP contribution >= 0.6 is 0 Å². The number of likely N-dealkylation sites (N-methyl/N-ethyl adjacent to an activating group) is 1. The summed E-state index contributed by atoms with van der Waals surface area (Å²) < 4.78 is 6.06. The number of nitrogens with two attached hydrogens (primary N) is 1. The fraction of sp³-hybridized carbons (Fsp3) is 0.562. The van der Waals surface area contributed by atoms with Gasteiger partial charge in [-0.1, -0.05) is 13.0 Å². The number of ether oxygens (including phenoxy) is 1. The van der Waals surface area contributed by atoms with E-state index in [0.717, 1.165) is 0 Å². The molecule has 1 aliphatic heterocycles. The molecule has 0 spiro atoms. The lowest BCUT2D eigenvalue weighted by Gasteiger charge is -2.37. The van der Waals surface area contributed by atoms with Crippen molar-refractivity contribution < 1.29 is 14.6 Å². The zero-order chi connectivity index (χ0) is 16.3. The van der Waals surface area contributed by atoms with E-state index in [-0.39, 0.29) is 30.6 Å². The summed E-state index contributed by atoms with van der Waals surface area (Å²) in [6.07, 6.45) is -0.102. The summed E-state index contributed by atoms with van der Waals surface area (Å²) in [7, 11) is 1.86. The molecule has 1 aromatic rings. The molecule has 1 aliphatic rings. The predicted molar refractivity (Wildman–Crippen MR) is 85.9 cm³/mol. The Kier molecular flexibility index (Phi) is 5.26. The van der Waals surface area contributed by atoms with E-state index in [0.29, 0.717) is 30.1 Å². The first kappa shape index (κ1) is 16.6. The second-order valence-electron chi connectivity index (χ2n) is 5.90. The van der Waals surface area contributed by atoms with Gasteiger partial charge in [0.25, 0.3) is 5.91 Å². The van der Waals surface area contributed by atoms with Crippen molar-refractivity contribution in [3.63, 3.8) is 0 Å². The highest BCUT2D eigenvalue weighted by Crippen LogP contribution is 2.32. The number of nitrogens with one attached hydrogen (secondary N) is 1. The SMILES string of the molecule is CNC[C@@H]1Oc2c(N)cccc2C(=O)N([C@@H](C)CO)C[C@H]1C. The van der Waals surface area contributed by atoms with Crippen molar-refractivity contribution in [3.05, 3.63) is 23.8 Å². The van der Waals surface area contributed by atoms with Gasteiger partial charge in [-0.15, -0.1) is 0 Å². The smallest absolute Gasteiger partial charge is 0.258 e. The minimum Gasteiger partial charge on any atom is -0.486 e. The lowest BCUT2D eigenvalue weighted by molar-refractivity contribution is 0.0417. The number of anilines is 1. The van der Waals surface area contributed by atoms with Crippen molar-refractivity contribution in [1.29, 1.82) is 0 Å². The van der Waals surface area contributed by atoms with Gasteiger partial charge in [0.1, 0.15) is 6.10 Å². The maximum atomic E-state index is 12.8. The van der Waals surface area contributed by atoms with Gasteiger partial charge >= 0.3 is 0 Å². The third-order valence-electron chi connectivity index (χ3n) is 4.13. The van der Waals surface area contributed by atoms with Crippen LogP contribution in [0.15, 0.2) is 18.2 Å². The Bertz CT molecular complexity index is 535. The Hall–Kier alpha value is -1.79.